The summed E-state index contributed by atoms with van der Waals surface area (Å²) in [5.41, 5.74) is 0.360. The molecule has 172 valence electrons. The number of pyridine rings is 1. The summed E-state index contributed by atoms with van der Waals surface area (Å²) >= 11 is 0. The molecule has 0 unspecified atom stereocenters. The molecule has 0 spiro atoms. The van der Waals surface area contributed by atoms with Gasteiger partial charge in [-0.1, -0.05) is 30.3 Å². The van der Waals surface area contributed by atoms with Crippen LogP contribution in [0.3, 0.4) is 0 Å². The predicted molar refractivity (Wildman–Crippen MR) is 125 cm³/mol. The minimum absolute atomic E-state index is 0.0615. The van der Waals surface area contributed by atoms with Gasteiger partial charge in [0, 0.05) is 22.8 Å². The Hall–Kier alpha value is -3.82. The van der Waals surface area contributed by atoms with Crippen LogP contribution in [0.2, 0.25) is 0 Å². The van der Waals surface area contributed by atoms with Gasteiger partial charge in [0.2, 0.25) is 0 Å². The van der Waals surface area contributed by atoms with Crippen molar-refractivity contribution in [2.75, 3.05) is 17.8 Å². The lowest BCUT2D eigenvalue weighted by atomic mass is 9.85. The summed E-state index contributed by atoms with van der Waals surface area (Å²) in [5, 5.41) is 11.4. The second-order valence-electron chi connectivity index (χ2n) is 8.21. The van der Waals surface area contributed by atoms with Crippen LogP contribution in [0.1, 0.15) is 15.9 Å². The number of halogens is 1. The van der Waals surface area contributed by atoms with E-state index in [0.29, 0.717) is 27.7 Å². The van der Waals surface area contributed by atoms with Crippen LogP contribution in [0.25, 0.3) is 10.9 Å². The van der Waals surface area contributed by atoms with Crippen LogP contribution in [-0.4, -0.2) is 42.4 Å². The molecule has 1 amide bonds. The van der Waals surface area contributed by atoms with Gasteiger partial charge in [-0.2, -0.15) is 0 Å². The fourth-order valence-electron chi connectivity index (χ4n) is 4.04. The number of anilines is 1. The molecule has 0 bridgehead atoms. The lowest BCUT2D eigenvalue weighted by molar-refractivity contribution is -0.0863. The van der Waals surface area contributed by atoms with E-state index in [1.54, 1.807) is 24.3 Å². The fourth-order valence-corrected chi connectivity index (χ4v) is 5.28. The lowest BCUT2D eigenvalue weighted by Crippen LogP contribution is -2.61. The maximum absolute atomic E-state index is 13.1. The minimum atomic E-state index is -3.90. The Morgan fingerprint density at radius 3 is 2.35 bits per heavy atom. The second-order valence-corrected chi connectivity index (χ2v) is 9.86. The van der Waals surface area contributed by atoms with E-state index < -0.39 is 21.4 Å². The van der Waals surface area contributed by atoms with Crippen LogP contribution < -0.4 is 4.72 Å². The van der Waals surface area contributed by atoms with E-state index in [9.17, 15) is 22.7 Å². The molecule has 3 aromatic carbocycles. The molecule has 5 rings (SSSR count). The zero-order valence-corrected chi connectivity index (χ0v) is 18.7. The van der Waals surface area contributed by atoms with Crippen LogP contribution in [0.4, 0.5) is 10.1 Å². The van der Waals surface area contributed by atoms with Crippen molar-refractivity contribution in [3.05, 3.63) is 102 Å². The normalized spacial score (nSPS) is 15.1. The molecule has 2 heterocycles. The zero-order valence-electron chi connectivity index (χ0n) is 17.8. The average Bonchev–Trinajstić information content (AvgIpc) is 2.82. The summed E-state index contributed by atoms with van der Waals surface area (Å²) in [5.74, 6) is -0.688. The van der Waals surface area contributed by atoms with E-state index in [2.05, 4.69) is 9.71 Å². The largest absolute Gasteiger partial charge is 0.381 e. The number of likely N-dealkylation sites (tertiary alicyclic amines) is 1. The first-order chi connectivity index (χ1) is 16.2. The monoisotopic (exact) mass is 477 g/mol. The van der Waals surface area contributed by atoms with Gasteiger partial charge < -0.3 is 10.0 Å². The number of hydrogen-bond acceptors (Lipinski definition) is 5. The quantitative estimate of drug-likeness (QED) is 0.458. The first-order valence-corrected chi connectivity index (χ1v) is 12.0. The molecule has 7 nitrogen and oxygen atoms in total. The number of carbonyl (C=O) groups is 1. The first kappa shape index (κ1) is 22.0. The molecule has 0 atom stereocenters. The van der Waals surface area contributed by atoms with Gasteiger partial charge in [-0.05, 0) is 54.1 Å². The number of fused-ring (bicyclic) bond motifs is 1. The number of carbonyl (C=O) groups excluding carboxylic acids is 1. The third-order valence-electron chi connectivity index (χ3n) is 5.84. The molecule has 0 saturated carbocycles. The predicted octanol–water partition coefficient (Wildman–Crippen LogP) is 3.52. The number of hydrogen-bond donors (Lipinski definition) is 2. The molecule has 9 heteroatoms. The van der Waals surface area contributed by atoms with Gasteiger partial charge in [-0.15, -0.1) is 0 Å². The van der Waals surface area contributed by atoms with E-state index in [4.69, 9.17) is 0 Å². The van der Waals surface area contributed by atoms with Crippen LogP contribution in [-0.2, 0) is 15.6 Å². The number of β-amino-alcohol motifs (C(OH)–C–C–N with tert-alkyl or cyclic N) is 1. The Bertz CT molecular complexity index is 1480. The number of aliphatic hydroxyl groups is 1. The maximum atomic E-state index is 13.1. The molecule has 1 aromatic heterocycles. The number of benzene rings is 3. The maximum Gasteiger partial charge on any atom is 0.264 e. The minimum Gasteiger partial charge on any atom is -0.381 e. The standard InChI is InChI=1S/C25H20FN3O4S/c26-20-10-8-19(9-11-20)25(31)15-29(16-25)24(30)18-6-12-21(13-7-18)28-34(32,33)22-5-1-3-17-4-2-14-27-23(17)22/h1-14,28,31H,15-16H2. The van der Waals surface area contributed by atoms with Crippen molar-refractivity contribution in [3.8, 4) is 0 Å². The highest BCUT2D eigenvalue weighted by molar-refractivity contribution is 7.93. The number of nitrogens with zero attached hydrogens (tertiary/aromatic N) is 2. The highest BCUT2D eigenvalue weighted by atomic mass is 32.2. The van der Waals surface area contributed by atoms with E-state index in [1.807, 2.05) is 0 Å². The molecule has 1 aliphatic rings. The highest BCUT2D eigenvalue weighted by Gasteiger charge is 2.45. The van der Waals surface area contributed by atoms with Crippen molar-refractivity contribution in [3.63, 3.8) is 0 Å². The third kappa shape index (κ3) is 4.00. The molecular weight excluding hydrogens is 457 g/mol. The van der Waals surface area contributed by atoms with Gasteiger partial charge in [-0.25, -0.2) is 12.8 Å². The van der Waals surface area contributed by atoms with Gasteiger partial charge in [-0.3, -0.25) is 14.5 Å². The molecule has 2 N–H and O–H groups in total. The van der Waals surface area contributed by atoms with Gasteiger partial charge in [0.25, 0.3) is 15.9 Å². The van der Waals surface area contributed by atoms with Crippen molar-refractivity contribution in [2.24, 2.45) is 0 Å². The van der Waals surface area contributed by atoms with Crippen LogP contribution in [0, 0.1) is 5.82 Å². The highest BCUT2D eigenvalue weighted by Crippen LogP contribution is 2.33. The van der Waals surface area contributed by atoms with Crippen molar-refractivity contribution in [1.82, 2.24) is 9.88 Å². The average molecular weight is 478 g/mol. The van der Waals surface area contributed by atoms with Gasteiger partial charge in [0.1, 0.15) is 16.3 Å². The van der Waals surface area contributed by atoms with Crippen molar-refractivity contribution >= 4 is 32.5 Å². The Balaban J connectivity index is 1.28. The topological polar surface area (TPSA) is 99.6 Å². The number of nitrogens with one attached hydrogen (secondary N) is 1. The summed E-state index contributed by atoms with van der Waals surface area (Å²) < 4.78 is 41.6. The van der Waals surface area contributed by atoms with Crippen molar-refractivity contribution < 1.29 is 22.7 Å². The summed E-state index contributed by atoms with van der Waals surface area (Å²) in [6.07, 6.45) is 1.54. The Kier molecular flexibility index (Phi) is 5.30. The second kappa shape index (κ2) is 8.19. The Morgan fingerprint density at radius 2 is 1.65 bits per heavy atom. The van der Waals surface area contributed by atoms with Crippen molar-refractivity contribution in [1.29, 1.82) is 0 Å². The van der Waals surface area contributed by atoms with Crippen molar-refractivity contribution in [2.45, 2.75) is 10.5 Å². The van der Waals surface area contributed by atoms with Gasteiger partial charge in [0.15, 0.2) is 0 Å². The molecule has 4 aromatic rings. The number of para-hydroxylation sites is 1. The third-order valence-corrected chi connectivity index (χ3v) is 7.26. The smallest absolute Gasteiger partial charge is 0.264 e. The zero-order chi connectivity index (χ0) is 23.9. The fraction of sp³-hybridized carbons (Fsp3) is 0.120. The van der Waals surface area contributed by atoms with Crippen LogP contribution in [0.5, 0.6) is 0 Å². The number of rotatable bonds is 5. The molecule has 0 radical (unpaired) electrons. The van der Waals surface area contributed by atoms with E-state index >= 15 is 0 Å². The lowest BCUT2D eigenvalue weighted by Gasteiger charge is -2.46. The van der Waals surface area contributed by atoms with Gasteiger partial charge >= 0.3 is 0 Å². The molecule has 1 saturated heterocycles. The number of aromatic nitrogens is 1. The summed E-state index contributed by atoms with van der Waals surface area (Å²) in [6.45, 7) is 0.167. The molecule has 0 aliphatic carbocycles. The molecule has 1 aliphatic heterocycles. The molecule has 1 fully saturated rings. The molecule has 34 heavy (non-hydrogen) atoms. The number of sulfonamides is 1. The SMILES string of the molecule is O=C(c1ccc(NS(=O)(=O)c2cccc3cccnc23)cc1)N1CC(O)(c2ccc(F)cc2)C1. The molecular formula is C25H20FN3O4S. The van der Waals surface area contributed by atoms with E-state index in [0.717, 1.165) is 0 Å². The van der Waals surface area contributed by atoms with E-state index in [1.165, 1.54) is 65.7 Å². The summed E-state index contributed by atoms with van der Waals surface area (Å²) in [6, 6.07) is 20.1. The first-order valence-electron chi connectivity index (χ1n) is 10.5. The van der Waals surface area contributed by atoms with E-state index in [-0.39, 0.29) is 23.9 Å². The van der Waals surface area contributed by atoms with Crippen LogP contribution >= 0.6 is 0 Å². The van der Waals surface area contributed by atoms with Gasteiger partial charge in [0.05, 0.1) is 18.6 Å². The summed E-state index contributed by atoms with van der Waals surface area (Å²) in [4.78, 5) is 18.5. The Labute approximate surface area is 195 Å². The van der Waals surface area contributed by atoms with Crippen LogP contribution in [0.15, 0.2) is 90.0 Å². The number of amides is 1. The summed E-state index contributed by atoms with van der Waals surface area (Å²) in [7, 11) is -3.90. The Morgan fingerprint density at radius 1 is 0.971 bits per heavy atom.